The normalized spacial score (nSPS) is 16.8. The molecule has 1 fully saturated rings. The third kappa shape index (κ3) is 4.42. The lowest BCUT2D eigenvalue weighted by Crippen LogP contribution is -2.49. The molecule has 0 bridgehead atoms. The Bertz CT molecular complexity index is 518. The smallest absolute Gasteiger partial charge is 0.317 e. The number of hydrogen-bond donors (Lipinski definition) is 2. The van der Waals surface area contributed by atoms with Crippen LogP contribution in [0.4, 0.5) is 9.18 Å². The minimum atomic E-state index is -0.311. The van der Waals surface area contributed by atoms with Gasteiger partial charge >= 0.3 is 6.03 Å². The van der Waals surface area contributed by atoms with Gasteiger partial charge in [0, 0.05) is 38.3 Å². The molecular weight excluding hydrogens is 299 g/mol. The summed E-state index contributed by atoms with van der Waals surface area (Å²) < 4.78 is 19.1. The molecule has 1 aliphatic heterocycles. The van der Waals surface area contributed by atoms with Crippen LogP contribution in [0.1, 0.15) is 25.3 Å². The van der Waals surface area contributed by atoms with E-state index in [1.807, 2.05) is 13.0 Å². The number of benzene rings is 1. The van der Waals surface area contributed by atoms with E-state index in [4.69, 9.17) is 9.84 Å². The fourth-order valence-electron chi connectivity index (χ4n) is 3.03. The predicted molar refractivity (Wildman–Crippen MR) is 85.9 cm³/mol. The van der Waals surface area contributed by atoms with Gasteiger partial charge in [0.2, 0.25) is 0 Å². The van der Waals surface area contributed by atoms with Gasteiger partial charge in [-0.3, -0.25) is 0 Å². The lowest BCUT2D eigenvalue weighted by atomic mass is 9.74. The molecule has 0 atom stereocenters. The van der Waals surface area contributed by atoms with Gasteiger partial charge in [0.1, 0.15) is 5.82 Å². The first-order valence-corrected chi connectivity index (χ1v) is 8.09. The van der Waals surface area contributed by atoms with E-state index in [1.165, 1.54) is 6.07 Å². The molecule has 1 aromatic carbocycles. The van der Waals surface area contributed by atoms with Crippen molar-refractivity contribution in [1.82, 2.24) is 10.2 Å². The van der Waals surface area contributed by atoms with Gasteiger partial charge in [-0.1, -0.05) is 12.1 Å². The van der Waals surface area contributed by atoms with E-state index in [2.05, 4.69) is 5.32 Å². The third-order valence-corrected chi connectivity index (χ3v) is 4.50. The number of likely N-dealkylation sites (N-methyl/N-ethyl adjacent to an activating group) is 1. The average Bonchev–Trinajstić information content (AvgIpc) is 2.58. The van der Waals surface area contributed by atoms with Gasteiger partial charge in [-0.15, -0.1) is 0 Å². The maximum atomic E-state index is 13.6. The quantitative estimate of drug-likeness (QED) is 0.840. The van der Waals surface area contributed by atoms with Crippen molar-refractivity contribution in [3.8, 4) is 0 Å². The van der Waals surface area contributed by atoms with Crippen LogP contribution >= 0.6 is 0 Å². The molecule has 2 N–H and O–H groups in total. The lowest BCUT2D eigenvalue weighted by molar-refractivity contribution is 0.0499. The van der Waals surface area contributed by atoms with E-state index in [1.54, 1.807) is 17.0 Å². The van der Waals surface area contributed by atoms with Crippen LogP contribution in [0.2, 0.25) is 0 Å². The van der Waals surface area contributed by atoms with E-state index in [9.17, 15) is 9.18 Å². The molecule has 0 unspecified atom stereocenters. The van der Waals surface area contributed by atoms with Crippen molar-refractivity contribution in [2.45, 2.75) is 25.2 Å². The summed E-state index contributed by atoms with van der Waals surface area (Å²) in [4.78, 5) is 13.8. The summed E-state index contributed by atoms with van der Waals surface area (Å²) >= 11 is 0. The molecule has 128 valence electrons. The predicted octanol–water partition coefficient (Wildman–Crippen LogP) is 1.90. The van der Waals surface area contributed by atoms with Crippen LogP contribution in [-0.2, 0) is 10.2 Å². The van der Waals surface area contributed by atoms with Crippen LogP contribution in [0.25, 0.3) is 0 Å². The Labute approximate surface area is 136 Å². The summed E-state index contributed by atoms with van der Waals surface area (Å²) in [6.07, 6.45) is 1.48. The lowest BCUT2D eigenvalue weighted by Gasteiger charge is -2.38. The van der Waals surface area contributed by atoms with Gasteiger partial charge in [0.05, 0.1) is 6.61 Å². The van der Waals surface area contributed by atoms with Crippen molar-refractivity contribution < 1.29 is 19.0 Å². The number of urea groups is 1. The number of nitrogens with zero attached hydrogens (tertiary/aromatic N) is 1. The van der Waals surface area contributed by atoms with Gasteiger partial charge in [0.25, 0.3) is 0 Å². The second-order valence-electron chi connectivity index (χ2n) is 5.87. The Morgan fingerprint density at radius 2 is 2.17 bits per heavy atom. The number of rotatable bonds is 6. The molecule has 0 spiro atoms. The molecule has 0 saturated carbocycles. The molecule has 1 saturated heterocycles. The zero-order valence-corrected chi connectivity index (χ0v) is 13.6. The molecule has 2 amide bonds. The number of amides is 2. The minimum Gasteiger partial charge on any atom is -0.395 e. The highest BCUT2D eigenvalue weighted by Gasteiger charge is 2.35. The number of hydrogen-bond acceptors (Lipinski definition) is 3. The highest BCUT2D eigenvalue weighted by Crippen LogP contribution is 2.34. The molecule has 5 nitrogen and oxygen atoms in total. The fraction of sp³-hybridized carbons (Fsp3) is 0.588. The summed E-state index contributed by atoms with van der Waals surface area (Å²) in [5, 5.41) is 12.0. The van der Waals surface area contributed by atoms with Crippen molar-refractivity contribution in [2.24, 2.45) is 0 Å². The Balaban J connectivity index is 2.11. The van der Waals surface area contributed by atoms with E-state index in [0.717, 1.165) is 18.4 Å². The highest BCUT2D eigenvalue weighted by atomic mass is 19.1. The van der Waals surface area contributed by atoms with Crippen LogP contribution in [0.3, 0.4) is 0 Å². The third-order valence-electron chi connectivity index (χ3n) is 4.50. The number of aliphatic hydroxyl groups excluding tert-OH is 1. The van der Waals surface area contributed by atoms with Crippen LogP contribution in [0.15, 0.2) is 24.3 Å². The second kappa shape index (κ2) is 8.26. The highest BCUT2D eigenvalue weighted by molar-refractivity contribution is 5.74. The molecule has 1 aromatic rings. The van der Waals surface area contributed by atoms with Gasteiger partial charge in [-0.05, 0) is 37.5 Å². The summed E-state index contributed by atoms with van der Waals surface area (Å²) in [6.45, 7) is 4.26. The maximum Gasteiger partial charge on any atom is 0.317 e. The van der Waals surface area contributed by atoms with Crippen molar-refractivity contribution in [2.75, 3.05) is 39.5 Å². The van der Waals surface area contributed by atoms with Crippen molar-refractivity contribution >= 4 is 6.03 Å². The zero-order valence-electron chi connectivity index (χ0n) is 13.6. The largest absolute Gasteiger partial charge is 0.395 e. The monoisotopic (exact) mass is 324 g/mol. The van der Waals surface area contributed by atoms with Crippen LogP contribution in [0, 0.1) is 5.82 Å². The number of nitrogens with one attached hydrogen (secondary N) is 1. The summed E-state index contributed by atoms with van der Waals surface area (Å²) in [7, 11) is 0. The van der Waals surface area contributed by atoms with Crippen molar-refractivity contribution in [3.63, 3.8) is 0 Å². The van der Waals surface area contributed by atoms with E-state index in [-0.39, 0.29) is 23.9 Å². The van der Waals surface area contributed by atoms with Gasteiger partial charge in [-0.25, -0.2) is 9.18 Å². The first-order chi connectivity index (χ1) is 11.1. The zero-order chi connectivity index (χ0) is 16.7. The summed E-state index contributed by atoms with van der Waals surface area (Å²) in [5.41, 5.74) is 0.584. The molecule has 0 aliphatic carbocycles. The molecule has 1 aliphatic rings. The van der Waals surface area contributed by atoms with Crippen LogP contribution in [-0.4, -0.2) is 55.5 Å². The Kier molecular flexibility index (Phi) is 6.36. The number of aliphatic hydroxyl groups is 1. The van der Waals surface area contributed by atoms with E-state index < -0.39 is 0 Å². The van der Waals surface area contributed by atoms with Crippen molar-refractivity contribution in [1.29, 1.82) is 0 Å². The van der Waals surface area contributed by atoms with E-state index >= 15 is 0 Å². The number of carbonyl (C=O) groups is 1. The molecule has 0 aromatic heterocycles. The van der Waals surface area contributed by atoms with Crippen LogP contribution < -0.4 is 5.32 Å². The molecular formula is C17H25FN2O3. The number of halogens is 1. The standard InChI is InChI=1S/C17H25FN2O3/c1-2-20(8-9-21)16(22)19-13-17(6-10-23-11-7-17)14-4-3-5-15(18)12-14/h3-5,12,21H,2,6-11,13H2,1H3,(H,19,22). The topological polar surface area (TPSA) is 61.8 Å². The average molecular weight is 324 g/mol. The molecule has 0 radical (unpaired) electrons. The number of carbonyl (C=O) groups excluding carboxylic acids is 1. The van der Waals surface area contributed by atoms with Crippen LogP contribution in [0.5, 0.6) is 0 Å². The van der Waals surface area contributed by atoms with Gasteiger partial charge in [0.15, 0.2) is 0 Å². The summed E-state index contributed by atoms with van der Waals surface area (Å²) in [5.74, 6) is -0.268. The maximum absolute atomic E-state index is 13.6. The van der Waals surface area contributed by atoms with Gasteiger partial charge in [-0.2, -0.15) is 0 Å². The molecule has 6 heteroatoms. The molecule has 1 heterocycles. The first kappa shape index (κ1) is 17.7. The van der Waals surface area contributed by atoms with Crippen molar-refractivity contribution in [3.05, 3.63) is 35.6 Å². The minimum absolute atomic E-state index is 0.0653. The summed E-state index contributed by atoms with van der Waals surface area (Å²) in [6, 6.07) is 6.38. The van der Waals surface area contributed by atoms with Gasteiger partial charge < -0.3 is 20.1 Å². The fourth-order valence-corrected chi connectivity index (χ4v) is 3.03. The second-order valence-corrected chi connectivity index (χ2v) is 5.87. The SMILES string of the molecule is CCN(CCO)C(=O)NCC1(c2cccc(F)c2)CCOCC1. The van der Waals surface area contributed by atoms with E-state index in [0.29, 0.717) is 32.8 Å². The Hall–Kier alpha value is -1.66. The molecule has 2 rings (SSSR count). The number of ether oxygens (including phenoxy) is 1. The molecule has 23 heavy (non-hydrogen) atoms. The Morgan fingerprint density at radius 3 is 2.78 bits per heavy atom. The first-order valence-electron chi connectivity index (χ1n) is 8.09. The Morgan fingerprint density at radius 1 is 1.43 bits per heavy atom.